The molecule has 0 atom stereocenters. The fourth-order valence-corrected chi connectivity index (χ4v) is 3.46. The van der Waals surface area contributed by atoms with E-state index in [0.717, 1.165) is 37.1 Å². The Hall–Kier alpha value is -2.04. The van der Waals surface area contributed by atoms with Crippen LogP contribution >= 0.6 is 0 Å². The van der Waals surface area contributed by atoms with Crippen molar-refractivity contribution < 1.29 is 14.3 Å². The van der Waals surface area contributed by atoms with Crippen LogP contribution in [-0.4, -0.2) is 25.0 Å². The van der Waals surface area contributed by atoms with Crippen molar-refractivity contribution in [2.24, 2.45) is 11.8 Å². The Morgan fingerprint density at radius 1 is 1.29 bits per heavy atom. The molecule has 3 rings (SSSR count). The van der Waals surface area contributed by atoms with Gasteiger partial charge >= 0.3 is 0 Å². The van der Waals surface area contributed by atoms with E-state index >= 15 is 0 Å². The van der Waals surface area contributed by atoms with E-state index in [0.29, 0.717) is 18.2 Å². The molecule has 130 valence electrons. The van der Waals surface area contributed by atoms with Crippen molar-refractivity contribution in [1.82, 2.24) is 0 Å². The Balaban J connectivity index is 1.73. The van der Waals surface area contributed by atoms with Crippen LogP contribution in [0.5, 0.6) is 5.75 Å². The van der Waals surface area contributed by atoms with Gasteiger partial charge in [0, 0.05) is 24.2 Å². The number of hydrogen-bond acceptors (Lipinski definition) is 3. The van der Waals surface area contributed by atoms with Gasteiger partial charge in [0.05, 0.1) is 5.69 Å². The van der Waals surface area contributed by atoms with E-state index in [-0.39, 0.29) is 24.3 Å². The first-order valence-electron chi connectivity index (χ1n) is 8.92. The molecule has 2 amide bonds. The normalized spacial score (nSPS) is 18.3. The van der Waals surface area contributed by atoms with Crippen LogP contribution in [-0.2, 0) is 9.59 Å². The van der Waals surface area contributed by atoms with E-state index in [9.17, 15) is 9.59 Å². The molecule has 1 aliphatic heterocycles. The summed E-state index contributed by atoms with van der Waals surface area (Å²) in [7, 11) is 0. The Morgan fingerprint density at radius 3 is 2.75 bits per heavy atom. The number of hydrogen-bond donors (Lipinski definition) is 1. The molecule has 5 nitrogen and oxygen atoms in total. The summed E-state index contributed by atoms with van der Waals surface area (Å²) in [5.41, 5.74) is 1.53. The lowest BCUT2D eigenvalue weighted by molar-refractivity contribution is -0.122. The van der Waals surface area contributed by atoms with Gasteiger partial charge in [0.2, 0.25) is 5.91 Å². The summed E-state index contributed by atoms with van der Waals surface area (Å²) < 4.78 is 5.57. The van der Waals surface area contributed by atoms with Crippen molar-refractivity contribution in [2.45, 2.75) is 46.0 Å². The SMILES string of the molecule is CC(C)CN1C(=O)COc2cc(NC(=O)C3CCCCC3)ccc21. The molecule has 1 saturated carbocycles. The average Bonchev–Trinajstić information content (AvgIpc) is 2.58. The molecule has 1 heterocycles. The molecular formula is C19H26N2O3. The lowest BCUT2D eigenvalue weighted by Gasteiger charge is -2.31. The number of anilines is 2. The second-order valence-corrected chi connectivity index (χ2v) is 7.19. The first kappa shape index (κ1) is 16.8. The van der Waals surface area contributed by atoms with Crippen LogP contribution in [0.15, 0.2) is 18.2 Å². The second-order valence-electron chi connectivity index (χ2n) is 7.19. The summed E-state index contributed by atoms with van der Waals surface area (Å²) in [6.45, 7) is 4.89. The number of nitrogens with one attached hydrogen (secondary N) is 1. The molecular weight excluding hydrogens is 304 g/mol. The van der Waals surface area contributed by atoms with Crippen LogP contribution in [0.25, 0.3) is 0 Å². The van der Waals surface area contributed by atoms with E-state index in [1.54, 1.807) is 4.90 Å². The standard InChI is InChI=1S/C19H26N2O3/c1-13(2)11-21-16-9-8-15(10-17(16)24-12-18(21)22)20-19(23)14-6-4-3-5-7-14/h8-10,13-14H,3-7,11-12H2,1-2H3,(H,20,23). The minimum Gasteiger partial charge on any atom is -0.481 e. The first-order chi connectivity index (χ1) is 11.5. The van der Waals surface area contributed by atoms with Gasteiger partial charge in [-0.3, -0.25) is 9.59 Å². The topological polar surface area (TPSA) is 58.6 Å². The number of carbonyl (C=O) groups excluding carboxylic acids is 2. The molecule has 1 fully saturated rings. The minimum atomic E-state index is -0.0183. The molecule has 1 aliphatic carbocycles. The lowest BCUT2D eigenvalue weighted by Crippen LogP contribution is -2.41. The zero-order chi connectivity index (χ0) is 17.1. The second kappa shape index (κ2) is 7.24. The van der Waals surface area contributed by atoms with Gasteiger partial charge in [-0.05, 0) is 30.9 Å². The fraction of sp³-hybridized carbons (Fsp3) is 0.579. The zero-order valence-electron chi connectivity index (χ0n) is 14.5. The first-order valence-corrected chi connectivity index (χ1v) is 8.92. The molecule has 0 aromatic heterocycles. The maximum Gasteiger partial charge on any atom is 0.265 e. The van der Waals surface area contributed by atoms with E-state index in [2.05, 4.69) is 19.2 Å². The number of ether oxygens (including phenoxy) is 1. The number of carbonyl (C=O) groups is 2. The molecule has 0 unspecified atom stereocenters. The highest BCUT2D eigenvalue weighted by Crippen LogP contribution is 2.35. The number of amides is 2. The lowest BCUT2D eigenvalue weighted by atomic mass is 9.88. The van der Waals surface area contributed by atoms with Gasteiger partial charge in [-0.15, -0.1) is 0 Å². The van der Waals surface area contributed by atoms with Gasteiger partial charge in [-0.1, -0.05) is 33.1 Å². The third-order valence-electron chi connectivity index (χ3n) is 4.69. The Kier molecular flexibility index (Phi) is 5.07. The van der Waals surface area contributed by atoms with Crippen LogP contribution in [0, 0.1) is 11.8 Å². The van der Waals surface area contributed by atoms with Gasteiger partial charge in [0.25, 0.3) is 5.91 Å². The van der Waals surface area contributed by atoms with Gasteiger partial charge in [-0.2, -0.15) is 0 Å². The summed E-state index contributed by atoms with van der Waals surface area (Å²) in [5.74, 6) is 1.24. The number of nitrogens with zero attached hydrogens (tertiary/aromatic N) is 1. The highest BCUT2D eigenvalue weighted by Gasteiger charge is 2.27. The van der Waals surface area contributed by atoms with E-state index in [1.165, 1.54) is 6.42 Å². The van der Waals surface area contributed by atoms with E-state index in [1.807, 2.05) is 18.2 Å². The van der Waals surface area contributed by atoms with Crippen molar-refractivity contribution in [2.75, 3.05) is 23.4 Å². The molecule has 5 heteroatoms. The van der Waals surface area contributed by atoms with Crippen molar-refractivity contribution in [3.8, 4) is 5.75 Å². The van der Waals surface area contributed by atoms with Crippen molar-refractivity contribution in [3.05, 3.63) is 18.2 Å². The van der Waals surface area contributed by atoms with Gasteiger partial charge in [0.1, 0.15) is 5.75 Å². The van der Waals surface area contributed by atoms with E-state index in [4.69, 9.17) is 4.74 Å². The van der Waals surface area contributed by atoms with Crippen LogP contribution in [0.4, 0.5) is 11.4 Å². The Morgan fingerprint density at radius 2 is 2.04 bits per heavy atom. The monoisotopic (exact) mass is 330 g/mol. The van der Waals surface area contributed by atoms with Gasteiger partial charge in [-0.25, -0.2) is 0 Å². The smallest absolute Gasteiger partial charge is 0.265 e. The number of fused-ring (bicyclic) bond motifs is 1. The van der Waals surface area contributed by atoms with Gasteiger partial charge < -0.3 is 15.0 Å². The third-order valence-corrected chi connectivity index (χ3v) is 4.69. The number of benzene rings is 1. The summed E-state index contributed by atoms with van der Waals surface area (Å²) in [6.07, 6.45) is 5.46. The summed E-state index contributed by atoms with van der Waals surface area (Å²) in [5, 5.41) is 3.01. The molecule has 1 N–H and O–H groups in total. The molecule has 0 spiro atoms. The highest BCUT2D eigenvalue weighted by molar-refractivity contribution is 5.99. The Labute approximate surface area is 143 Å². The quantitative estimate of drug-likeness (QED) is 0.918. The van der Waals surface area contributed by atoms with E-state index < -0.39 is 0 Å². The number of rotatable bonds is 4. The molecule has 1 aromatic rings. The van der Waals surface area contributed by atoms with Crippen molar-refractivity contribution in [3.63, 3.8) is 0 Å². The zero-order valence-corrected chi connectivity index (χ0v) is 14.5. The predicted octanol–water partition coefficient (Wildman–Crippen LogP) is 3.59. The molecule has 2 aliphatic rings. The third kappa shape index (κ3) is 3.71. The molecule has 1 aromatic carbocycles. The molecule has 0 saturated heterocycles. The minimum absolute atomic E-state index is 0.0183. The summed E-state index contributed by atoms with van der Waals surface area (Å²) >= 11 is 0. The molecule has 24 heavy (non-hydrogen) atoms. The van der Waals surface area contributed by atoms with Crippen LogP contribution in [0.1, 0.15) is 46.0 Å². The van der Waals surface area contributed by atoms with Crippen molar-refractivity contribution in [1.29, 1.82) is 0 Å². The summed E-state index contributed by atoms with van der Waals surface area (Å²) in [4.78, 5) is 26.2. The fourth-order valence-electron chi connectivity index (χ4n) is 3.46. The predicted molar refractivity (Wildman–Crippen MR) is 94.3 cm³/mol. The van der Waals surface area contributed by atoms with Gasteiger partial charge in [0.15, 0.2) is 6.61 Å². The van der Waals surface area contributed by atoms with Crippen molar-refractivity contribution >= 4 is 23.2 Å². The highest BCUT2D eigenvalue weighted by atomic mass is 16.5. The molecule has 0 radical (unpaired) electrons. The average molecular weight is 330 g/mol. The maximum atomic E-state index is 12.4. The summed E-state index contributed by atoms with van der Waals surface area (Å²) in [6, 6.07) is 5.55. The van der Waals surface area contributed by atoms with Crippen LogP contribution < -0.4 is 15.0 Å². The molecule has 0 bridgehead atoms. The van der Waals surface area contributed by atoms with Crippen LogP contribution in [0.3, 0.4) is 0 Å². The largest absolute Gasteiger partial charge is 0.481 e. The maximum absolute atomic E-state index is 12.4. The van der Waals surface area contributed by atoms with Crippen LogP contribution in [0.2, 0.25) is 0 Å². The Bertz CT molecular complexity index is 621.